The van der Waals surface area contributed by atoms with Gasteiger partial charge in [0.1, 0.15) is 17.4 Å². The number of pyridine rings is 1. The van der Waals surface area contributed by atoms with Gasteiger partial charge >= 0.3 is 0 Å². The minimum absolute atomic E-state index is 0.103. The fourth-order valence-corrected chi connectivity index (χ4v) is 2.12. The van der Waals surface area contributed by atoms with Crippen LogP contribution in [0.5, 0.6) is 0 Å². The van der Waals surface area contributed by atoms with Gasteiger partial charge in [-0.2, -0.15) is 0 Å². The van der Waals surface area contributed by atoms with E-state index in [0.29, 0.717) is 12.1 Å². The first-order valence-electron chi connectivity index (χ1n) is 6.96. The first-order chi connectivity index (χ1) is 10.4. The summed E-state index contributed by atoms with van der Waals surface area (Å²) in [5, 5.41) is 5.65. The lowest BCUT2D eigenvalue weighted by Gasteiger charge is -2.21. The molecule has 2 aromatic rings. The number of nitrogens with one attached hydrogen (secondary N) is 2. The molecule has 1 atom stereocenters. The van der Waals surface area contributed by atoms with Gasteiger partial charge in [-0.1, -0.05) is 13.8 Å². The van der Waals surface area contributed by atoms with Crippen LogP contribution in [-0.2, 0) is 4.79 Å². The standard InChI is InChI=1S/C15H18N4O3/c1-8(2)7-10(15(16)22)19-12-11(13(20)14(12)21)18-9-3-5-17-6-4-9/h3-6,8,10,19H,7H2,1-2H3,(H2,16,22)(H,17,18). The number of hydrogen-bond acceptors (Lipinski definition) is 6. The first-order valence-corrected chi connectivity index (χ1v) is 6.96. The summed E-state index contributed by atoms with van der Waals surface area (Å²) in [5.74, 6) is -0.343. The maximum Gasteiger partial charge on any atom is 0.253 e. The summed E-state index contributed by atoms with van der Waals surface area (Å²) >= 11 is 0. The number of rotatable bonds is 7. The average molecular weight is 302 g/mol. The molecule has 1 aromatic heterocycles. The molecule has 0 bridgehead atoms. The molecule has 1 unspecified atom stereocenters. The summed E-state index contributed by atoms with van der Waals surface area (Å²) in [6.07, 6.45) is 3.60. The molecular formula is C15H18N4O3. The predicted molar refractivity (Wildman–Crippen MR) is 84.9 cm³/mol. The van der Waals surface area contributed by atoms with Gasteiger partial charge in [0, 0.05) is 18.1 Å². The van der Waals surface area contributed by atoms with Crippen molar-refractivity contribution in [2.45, 2.75) is 26.3 Å². The smallest absolute Gasteiger partial charge is 0.253 e. The number of aromatic nitrogens is 1. The van der Waals surface area contributed by atoms with E-state index in [1.807, 2.05) is 13.8 Å². The molecule has 0 aliphatic carbocycles. The summed E-state index contributed by atoms with van der Waals surface area (Å²) < 4.78 is 0. The summed E-state index contributed by atoms with van der Waals surface area (Å²) in [6.45, 7) is 3.88. The molecule has 0 radical (unpaired) electrons. The monoisotopic (exact) mass is 302 g/mol. The molecule has 0 saturated heterocycles. The molecule has 0 aliphatic heterocycles. The zero-order chi connectivity index (χ0) is 16.3. The highest BCUT2D eigenvalue weighted by atomic mass is 16.2. The number of anilines is 3. The van der Waals surface area contributed by atoms with Crippen molar-refractivity contribution in [1.29, 1.82) is 0 Å². The summed E-state index contributed by atoms with van der Waals surface area (Å²) in [5.41, 5.74) is 4.95. The van der Waals surface area contributed by atoms with Crippen LogP contribution in [0, 0.1) is 5.92 Å². The average Bonchev–Trinajstić information content (AvgIpc) is 2.49. The summed E-state index contributed by atoms with van der Waals surface area (Å²) in [4.78, 5) is 38.8. The van der Waals surface area contributed by atoms with E-state index in [2.05, 4.69) is 15.6 Å². The minimum Gasteiger partial charge on any atom is -0.369 e. The quantitative estimate of drug-likeness (QED) is 0.650. The molecule has 1 heterocycles. The molecule has 4 N–H and O–H groups in total. The van der Waals surface area contributed by atoms with E-state index in [1.54, 1.807) is 24.5 Å². The van der Waals surface area contributed by atoms with Gasteiger partial charge in [-0.3, -0.25) is 19.4 Å². The first kappa shape index (κ1) is 15.7. The van der Waals surface area contributed by atoms with Crippen LogP contribution in [0.3, 0.4) is 0 Å². The second-order valence-electron chi connectivity index (χ2n) is 5.50. The largest absolute Gasteiger partial charge is 0.369 e. The van der Waals surface area contributed by atoms with E-state index >= 15 is 0 Å². The van der Waals surface area contributed by atoms with Crippen LogP contribution in [0.15, 0.2) is 34.1 Å². The van der Waals surface area contributed by atoms with Crippen LogP contribution < -0.4 is 27.2 Å². The summed E-state index contributed by atoms with van der Waals surface area (Å²) in [6, 6.07) is 2.64. The van der Waals surface area contributed by atoms with Crippen LogP contribution in [0.1, 0.15) is 20.3 Å². The van der Waals surface area contributed by atoms with Gasteiger partial charge in [0.05, 0.1) is 0 Å². The van der Waals surface area contributed by atoms with Crippen LogP contribution >= 0.6 is 0 Å². The van der Waals surface area contributed by atoms with E-state index in [9.17, 15) is 14.4 Å². The van der Waals surface area contributed by atoms with Crippen LogP contribution in [0.4, 0.5) is 17.1 Å². The minimum atomic E-state index is -0.693. The third-order valence-corrected chi connectivity index (χ3v) is 3.23. The highest BCUT2D eigenvalue weighted by Crippen LogP contribution is 2.21. The molecule has 1 aromatic carbocycles. The number of hydrogen-bond donors (Lipinski definition) is 3. The Morgan fingerprint density at radius 1 is 1.18 bits per heavy atom. The van der Waals surface area contributed by atoms with Crippen molar-refractivity contribution in [3.63, 3.8) is 0 Å². The van der Waals surface area contributed by atoms with Gasteiger partial charge in [-0.15, -0.1) is 0 Å². The predicted octanol–water partition coefficient (Wildman–Crippen LogP) is 0.733. The number of carbonyl (C=O) groups excluding carboxylic acids is 1. The molecule has 116 valence electrons. The van der Waals surface area contributed by atoms with Crippen molar-refractivity contribution in [3.8, 4) is 0 Å². The Morgan fingerprint density at radius 3 is 2.32 bits per heavy atom. The van der Waals surface area contributed by atoms with E-state index in [0.717, 1.165) is 0 Å². The van der Waals surface area contributed by atoms with Crippen molar-refractivity contribution in [3.05, 3.63) is 45.0 Å². The third-order valence-electron chi connectivity index (χ3n) is 3.23. The van der Waals surface area contributed by atoms with Gasteiger partial charge in [-0.25, -0.2) is 0 Å². The van der Waals surface area contributed by atoms with Crippen LogP contribution in [0.25, 0.3) is 0 Å². The van der Waals surface area contributed by atoms with Crippen molar-refractivity contribution >= 4 is 23.0 Å². The van der Waals surface area contributed by atoms with Gasteiger partial charge in [0.15, 0.2) is 0 Å². The van der Waals surface area contributed by atoms with Crippen molar-refractivity contribution in [2.75, 3.05) is 10.6 Å². The molecule has 7 nitrogen and oxygen atoms in total. The Balaban J connectivity index is 2.21. The van der Waals surface area contributed by atoms with E-state index in [1.165, 1.54) is 0 Å². The van der Waals surface area contributed by atoms with Gasteiger partial charge in [0.25, 0.3) is 10.9 Å². The maximum atomic E-state index is 11.7. The second-order valence-corrected chi connectivity index (χ2v) is 5.50. The zero-order valence-electron chi connectivity index (χ0n) is 12.4. The van der Waals surface area contributed by atoms with E-state index < -0.39 is 22.8 Å². The Bertz CT molecular complexity index is 733. The maximum absolute atomic E-state index is 11.7. The lowest BCUT2D eigenvalue weighted by atomic mass is 10.0. The molecule has 2 rings (SSSR count). The van der Waals surface area contributed by atoms with Gasteiger partial charge < -0.3 is 16.4 Å². The van der Waals surface area contributed by atoms with Crippen LogP contribution in [-0.4, -0.2) is 16.9 Å². The topological polar surface area (TPSA) is 114 Å². The number of nitrogens with zero attached hydrogens (tertiary/aromatic N) is 1. The number of nitrogens with two attached hydrogens (primary N) is 1. The van der Waals surface area contributed by atoms with E-state index in [4.69, 9.17) is 5.73 Å². The Labute approximate surface area is 127 Å². The molecule has 0 aliphatic rings. The van der Waals surface area contributed by atoms with Crippen molar-refractivity contribution < 1.29 is 4.79 Å². The van der Waals surface area contributed by atoms with Crippen LogP contribution in [0.2, 0.25) is 0 Å². The molecular weight excluding hydrogens is 284 g/mol. The molecule has 1 amide bonds. The number of primary amides is 1. The fraction of sp³-hybridized carbons (Fsp3) is 0.333. The molecule has 0 saturated carbocycles. The highest BCUT2D eigenvalue weighted by Gasteiger charge is 2.26. The SMILES string of the molecule is CC(C)CC(Nc1c(Nc2ccncc2)c(=O)c1=O)C(N)=O. The molecule has 7 heteroatoms. The Kier molecular flexibility index (Phi) is 4.55. The van der Waals surface area contributed by atoms with Gasteiger partial charge in [-0.05, 0) is 24.5 Å². The highest BCUT2D eigenvalue weighted by molar-refractivity contribution is 5.86. The lowest BCUT2D eigenvalue weighted by Crippen LogP contribution is -2.43. The third kappa shape index (κ3) is 3.30. The zero-order valence-corrected chi connectivity index (χ0v) is 12.4. The number of carbonyl (C=O) groups is 1. The molecule has 0 spiro atoms. The van der Waals surface area contributed by atoms with Crippen molar-refractivity contribution in [2.24, 2.45) is 11.7 Å². The lowest BCUT2D eigenvalue weighted by molar-refractivity contribution is -0.119. The Morgan fingerprint density at radius 2 is 1.77 bits per heavy atom. The molecule has 0 fully saturated rings. The normalized spacial score (nSPS) is 12.3. The second kappa shape index (κ2) is 6.38. The van der Waals surface area contributed by atoms with Gasteiger partial charge in [0.2, 0.25) is 5.91 Å². The summed E-state index contributed by atoms with van der Waals surface area (Å²) in [7, 11) is 0. The van der Waals surface area contributed by atoms with Crippen molar-refractivity contribution in [1.82, 2.24) is 4.98 Å². The van der Waals surface area contributed by atoms with E-state index in [-0.39, 0.29) is 17.3 Å². The fourth-order valence-electron chi connectivity index (χ4n) is 2.12. The Hall–Kier alpha value is -2.70. The number of amides is 1. The molecule has 22 heavy (non-hydrogen) atoms.